The minimum atomic E-state index is -0.574. The molecule has 0 bridgehead atoms. The van der Waals surface area contributed by atoms with Crippen LogP contribution in [-0.2, 0) is 19.1 Å². The summed E-state index contributed by atoms with van der Waals surface area (Å²) in [6.45, 7) is 5.88. The summed E-state index contributed by atoms with van der Waals surface area (Å²) < 4.78 is 25.7. The number of benzene rings is 1. The van der Waals surface area contributed by atoms with E-state index in [9.17, 15) is 9.59 Å². The number of amides is 2. The van der Waals surface area contributed by atoms with Crippen LogP contribution in [0.1, 0.15) is 19.0 Å². The zero-order valence-corrected chi connectivity index (χ0v) is 20.0. The number of halogens is 1. The van der Waals surface area contributed by atoms with Crippen LogP contribution in [0.25, 0.3) is 11.1 Å². The van der Waals surface area contributed by atoms with E-state index in [1.807, 2.05) is 6.07 Å². The highest BCUT2D eigenvalue weighted by Crippen LogP contribution is 2.29. The van der Waals surface area contributed by atoms with Crippen molar-refractivity contribution in [2.45, 2.75) is 25.6 Å². The van der Waals surface area contributed by atoms with Crippen LogP contribution in [0.3, 0.4) is 0 Å². The van der Waals surface area contributed by atoms with Gasteiger partial charge in [-0.1, -0.05) is 11.2 Å². The fraction of sp³-hybridized carbons (Fsp3) is 0.440. The van der Waals surface area contributed by atoms with E-state index in [1.165, 1.54) is 17.9 Å². The Hall–Kier alpha value is -3.57. The maximum Gasteiger partial charge on any atom is 0.414 e. The third kappa shape index (κ3) is 5.47. The second-order valence-corrected chi connectivity index (χ2v) is 9.03. The molecule has 11 heteroatoms. The monoisotopic (exact) mass is 497 g/mol. The van der Waals surface area contributed by atoms with Gasteiger partial charge in [0.2, 0.25) is 5.91 Å². The lowest BCUT2D eigenvalue weighted by Gasteiger charge is -2.27. The number of aromatic nitrogens is 1. The SMILES string of the molecule is CC(=O)NC[C@H]1CN(c2ccc(-c3ccc(C4=NOC(CN5CCOCC5)C4)nc3)c(F)c2)C(=O)O1. The lowest BCUT2D eigenvalue weighted by molar-refractivity contribution is -0.119. The van der Waals surface area contributed by atoms with Crippen molar-refractivity contribution in [2.75, 3.05) is 50.8 Å². The molecule has 0 aliphatic carbocycles. The molecule has 2 fully saturated rings. The second-order valence-electron chi connectivity index (χ2n) is 9.03. The molecular weight excluding hydrogens is 469 g/mol. The van der Waals surface area contributed by atoms with Crippen molar-refractivity contribution in [2.24, 2.45) is 5.16 Å². The standard InChI is InChI=1S/C25H28FN5O5/c1-16(32)27-13-20-15-31(25(33)35-20)18-3-4-21(22(26)10-18)17-2-5-23(28-12-17)24-11-19(36-29-24)14-30-6-8-34-9-7-30/h2-5,10,12,19-20H,6-9,11,13-15H2,1H3,(H,27,32)/t19?,20-/m0/s1. The summed E-state index contributed by atoms with van der Waals surface area (Å²) in [6, 6.07) is 8.19. The van der Waals surface area contributed by atoms with Crippen molar-refractivity contribution < 1.29 is 28.3 Å². The topological polar surface area (TPSA) is 106 Å². The Morgan fingerprint density at radius 2 is 2.03 bits per heavy atom. The molecule has 1 unspecified atom stereocenters. The van der Waals surface area contributed by atoms with Gasteiger partial charge in [0.15, 0.2) is 0 Å². The zero-order chi connectivity index (χ0) is 25.1. The van der Waals surface area contributed by atoms with Crippen LogP contribution in [0.5, 0.6) is 0 Å². The number of oxime groups is 1. The molecule has 4 heterocycles. The van der Waals surface area contributed by atoms with E-state index in [-0.39, 0.29) is 25.1 Å². The summed E-state index contributed by atoms with van der Waals surface area (Å²) in [5.41, 5.74) is 2.84. The van der Waals surface area contributed by atoms with E-state index in [1.54, 1.807) is 24.4 Å². The molecule has 0 spiro atoms. The van der Waals surface area contributed by atoms with E-state index in [0.717, 1.165) is 38.6 Å². The first-order valence-electron chi connectivity index (χ1n) is 12.0. The van der Waals surface area contributed by atoms with Crippen LogP contribution in [0.4, 0.5) is 14.9 Å². The minimum Gasteiger partial charge on any atom is -0.442 e. The number of hydrogen-bond acceptors (Lipinski definition) is 8. The van der Waals surface area contributed by atoms with Crippen LogP contribution in [0.2, 0.25) is 0 Å². The van der Waals surface area contributed by atoms with Crippen LogP contribution in [0, 0.1) is 5.82 Å². The molecule has 0 saturated carbocycles. The number of nitrogens with zero attached hydrogens (tertiary/aromatic N) is 4. The molecule has 3 aliphatic heterocycles. The van der Waals surface area contributed by atoms with Gasteiger partial charge in [0.25, 0.3) is 0 Å². The predicted octanol–water partition coefficient (Wildman–Crippen LogP) is 2.17. The van der Waals surface area contributed by atoms with Gasteiger partial charge in [0, 0.05) is 50.3 Å². The molecule has 5 rings (SSSR count). The molecule has 2 saturated heterocycles. The number of cyclic esters (lactones) is 1. The molecule has 3 aliphatic rings. The van der Waals surface area contributed by atoms with Gasteiger partial charge in [-0.15, -0.1) is 0 Å². The van der Waals surface area contributed by atoms with Gasteiger partial charge in [-0.25, -0.2) is 9.18 Å². The number of hydrogen-bond donors (Lipinski definition) is 1. The van der Waals surface area contributed by atoms with Crippen molar-refractivity contribution >= 4 is 23.4 Å². The van der Waals surface area contributed by atoms with Gasteiger partial charge in [0.05, 0.1) is 37.7 Å². The highest BCUT2D eigenvalue weighted by Gasteiger charge is 2.33. The Labute approximate surface area is 208 Å². The quantitative estimate of drug-likeness (QED) is 0.625. The normalized spacial score (nSPS) is 22.2. The van der Waals surface area contributed by atoms with Gasteiger partial charge in [-0.05, 0) is 24.3 Å². The smallest absolute Gasteiger partial charge is 0.414 e. The zero-order valence-electron chi connectivity index (χ0n) is 20.0. The lowest BCUT2D eigenvalue weighted by atomic mass is 10.0. The first-order valence-corrected chi connectivity index (χ1v) is 12.0. The molecule has 1 aromatic carbocycles. The van der Waals surface area contributed by atoms with E-state index in [0.29, 0.717) is 28.9 Å². The molecule has 1 aromatic heterocycles. The summed E-state index contributed by atoms with van der Waals surface area (Å²) in [5, 5.41) is 6.83. The van der Waals surface area contributed by atoms with Crippen molar-refractivity contribution in [1.29, 1.82) is 0 Å². The second kappa shape index (κ2) is 10.6. The first kappa shape index (κ1) is 24.1. The van der Waals surface area contributed by atoms with E-state index in [2.05, 4.69) is 20.4 Å². The average Bonchev–Trinajstić information content (AvgIpc) is 3.50. The number of ether oxygens (including phenoxy) is 2. The Morgan fingerprint density at radius 1 is 1.19 bits per heavy atom. The number of carbonyl (C=O) groups excluding carboxylic acids is 2. The van der Waals surface area contributed by atoms with E-state index < -0.39 is 18.0 Å². The number of pyridine rings is 1. The van der Waals surface area contributed by atoms with Crippen molar-refractivity contribution in [1.82, 2.24) is 15.2 Å². The highest BCUT2D eigenvalue weighted by atomic mass is 19.1. The Balaban J connectivity index is 1.21. The summed E-state index contributed by atoms with van der Waals surface area (Å²) in [7, 11) is 0. The molecule has 10 nitrogen and oxygen atoms in total. The van der Waals surface area contributed by atoms with Crippen LogP contribution >= 0.6 is 0 Å². The third-order valence-electron chi connectivity index (χ3n) is 6.39. The molecule has 1 N–H and O–H groups in total. The minimum absolute atomic E-state index is 0.0142. The maximum atomic E-state index is 15.0. The van der Waals surface area contributed by atoms with Crippen molar-refractivity contribution in [3.63, 3.8) is 0 Å². The third-order valence-corrected chi connectivity index (χ3v) is 6.39. The van der Waals surface area contributed by atoms with Crippen molar-refractivity contribution in [3.05, 3.63) is 48.0 Å². The molecule has 36 heavy (non-hydrogen) atoms. The number of nitrogens with one attached hydrogen (secondary N) is 1. The van der Waals surface area contributed by atoms with Crippen LogP contribution in [-0.4, -0.2) is 85.7 Å². The maximum absolute atomic E-state index is 15.0. The first-order chi connectivity index (χ1) is 17.5. The van der Waals surface area contributed by atoms with Gasteiger partial charge >= 0.3 is 6.09 Å². The number of carbonyl (C=O) groups is 2. The molecule has 2 amide bonds. The molecule has 190 valence electrons. The summed E-state index contributed by atoms with van der Waals surface area (Å²) >= 11 is 0. The number of morpholine rings is 1. The number of rotatable bonds is 7. The Bertz CT molecular complexity index is 1150. The molecule has 2 atom stereocenters. The van der Waals surface area contributed by atoms with Crippen LogP contribution in [0.15, 0.2) is 41.7 Å². The fourth-order valence-electron chi connectivity index (χ4n) is 4.48. The van der Waals surface area contributed by atoms with E-state index >= 15 is 4.39 Å². The van der Waals surface area contributed by atoms with Gasteiger partial charge < -0.3 is 19.6 Å². The van der Waals surface area contributed by atoms with Gasteiger partial charge in [-0.2, -0.15) is 0 Å². The lowest BCUT2D eigenvalue weighted by Crippen LogP contribution is -2.41. The van der Waals surface area contributed by atoms with Crippen molar-refractivity contribution in [3.8, 4) is 11.1 Å². The summed E-state index contributed by atoms with van der Waals surface area (Å²) in [4.78, 5) is 37.1. The molecular formula is C25H28FN5O5. The Morgan fingerprint density at radius 3 is 2.75 bits per heavy atom. The summed E-state index contributed by atoms with van der Waals surface area (Å²) in [6.07, 6.45) is 1.20. The average molecular weight is 498 g/mol. The van der Waals surface area contributed by atoms with Gasteiger partial charge in [-0.3, -0.25) is 19.6 Å². The van der Waals surface area contributed by atoms with Crippen LogP contribution < -0.4 is 10.2 Å². The van der Waals surface area contributed by atoms with E-state index in [4.69, 9.17) is 14.3 Å². The molecule has 2 aromatic rings. The summed E-state index contributed by atoms with van der Waals surface area (Å²) in [5.74, 6) is -0.688. The number of anilines is 1. The fourth-order valence-corrected chi connectivity index (χ4v) is 4.48. The largest absolute Gasteiger partial charge is 0.442 e. The molecule has 0 radical (unpaired) electrons. The Kier molecular flexibility index (Phi) is 7.10. The predicted molar refractivity (Wildman–Crippen MR) is 129 cm³/mol. The van der Waals surface area contributed by atoms with Gasteiger partial charge in [0.1, 0.15) is 23.7 Å². The highest BCUT2D eigenvalue weighted by molar-refractivity contribution is 5.99.